The van der Waals surface area contributed by atoms with Crippen molar-refractivity contribution in [1.82, 2.24) is 0 Å². The van der Waals surface area contributed by atoms with Gasteiger partial charge in [-0.25, -0.2) is 0 Å². The molecule has 0 saturated carbocycles. The van der Waals surface area contributed by atoms with Crippen molar-refractivity contribution in [2.24, 2.45) is 0 Å². The lowest BCUT2D eigenvalue weighted by atomic mass is 9.94. The van der Waals surface area contributed by atoms with Gasteiger partial charge in [0.25, 0.3) is 0 Å². The highest BCUT2D eigenvalue weighted by atomic mass is 19.1. The summed E-state index contributed by atoms with van der Waals surface area (Å²) in [6.07, 6.45) is 1.85. The lowest BCUT2D eigenvalue weighted by molar-refractivity contribution is 0.314. The van der Waals surface area contributed by atoms with Gasteiger partial charge in [0.2, 0.25) is 0 Å². The van der Waals surface area contributed by atoms with Crippen molar-refractivity contribution in [1.29, 1.82) is 0 Å². The lowest BCUT2D eigenvalue weighted by Crippen LogP contribution is -2.05. The Hall–Kier alpha value is -1.05. The Morgan fingerprint density at radius 2 is 2.06 bits per heavy atom. The van der Waals surface area contributed by atoms with Crippen LogP contribution in [0.2, 0.25) is 0 Å². The molecule has 0 aliphatic rings. The van der Waals surface area contributed by atoms with Crippen LogP contribution in [0.5, 0.6) is 5.75 Å². The first kappa shape index (κ1) is 13.0. The Labute approximate surface area is 97.6 Å². The Balaban J connectivity index is 3.00. The number of ether oxygens (including phenoxy) is 1. The maximum absolute atomic E-state index is 12.7. The second-order valence-corrected chi connectivity index (χ2v) is 3.90. The maximum Gasteiger partial charge on any atom is 0.122 e. The third kappa shape index (κ3) is 2.97. The summed E-state index contributed by atoms with van der Waals surface area (Å²) in [5, 5.41) is 0. The minimum atomic E-state index is -0.399. The smallest absolute Gasteiger partial charge is 0.122 e. The summed E-state index contributed by atoms with van der Waals surface area (Å²) in [4.78, 5) is 0. The highest BCUT2D eigenvalue weighted by Crippen LogP contribution is 2.28. The summed E-state index contributed by atoms with van der Waals surface area (Å²) in [5.74, 6) is 1.67. The Morgan fingerprint density at radius 1 is 1.31 bits per heavy atom. The summed E-state index contributed by atoms with van der Waals surface area (Å²) in [6.45, 7) is 6.30. The lowest BCUT2D eigenvalue weighted by Gasteiger charge is -2.16. The number of hydrogen-bond donors (Lipinski definition) is 0. The van der Waals surface area contributed by atoms with Gasteiger partial charge in [0.05, 0.1) is 13.3 Å². The van der Waals surface area contributed by atoms with Crippen molar-refractivity contribution in [2.75, 3.05) is 13.3 Å². The fraction of sp³-hybridized carbons (Fsp3) is 0.500. The van der Waals surface area contributed by atoms with Gasteiger partial charge in [-0.1, -0.05) is 32.9 Å². The van der Waals surface area contributed by atoms with E-state index >= 15 is 0 Å². The summed E-state index contributed by atoms with van der Waals surface area (Å²) >= 11 is 0. The van der Waals surface area contributed by atoms with E-state index in [1.54, 1.807) is 0 Å². The van der Waals surface area contributed by atoms with E-state index in [0.717, 1.165) is 35.6 Å². The van der Waals surface area contributed by atoms with Gasteiger partial charge in [0.15, 0.2) is 0 Å². The van der Waals surface area contributed by atoms with Gasteiger partial charge in [-0.05, 0) is 30.0 Å². The van der Waals surface area contributed by atoms with E-state index in [2.05, 4.69) is 13.8 Å². The molecule has 0 aliphatic carbocycles. The van der Waals surface area contributed by atoms with Crippen LogP contribution in [0.1, 0.15) is 38.3 Å². The van der Waals surface area contributed by atoms with Crippen LogP contribution in [0.25, 0.3) is 0 Å². The van der Waals surface area contributed by atoms with E-state index in [4.69, 9.17) is 4.74 Å². The quantitative estimate of drug-likeness (QED) is 0.709. The summed E-state index contributed by atoms with van der Waals surface area (Å²) in [7, 11) is 0. The van der Waals surface area contributed by atoms with Gasteiger partial charge in [0, 0.05) is 5.92 Å². The van der Waals surface area contributed by atoms with Gasteiger partial charge in [-0.2, -0.15) is 0 Å². The van der Waals surface area contributed by atoms with Gasteiger partial charge in [-0.3, -0.25) is 4.39 Å². The first-order valence-electron chi connectivity index (χ1n) is 5.88. The molecule has 0 atom stereocenters. The number of halogens is 1. The van der Waals surface area contributed by atoms with Gasteiger partial charge in [-0.15, -0.1) is 0 Å². The predicted octanol–water partition coefficient (Wildman–Crippen LogP) is 3.95. The molecule has 16 heavy (non-hydrogen) atoms. The standard InChI is InChI=1S/C14H20FO/c1-4-9-16-14-8-6-7-13(11(3)10-15)12(14)5-2/h6-8H,4-5,9-10H2,1-3H3. The third-order valence-corrected chi connectivity index (χ3v) is 2.61. The highest BCUT2D eigenvalue weighted by Gasteiger charge is 2.13. The SMILES string of the molecule is CCCOc1cccc([C](C)CF)c1CC. The molecule has 0 unspecified atom stereocenters. The summed E-state index contributed by atoms with van der Waals surface area (Å²) in [6, 6.07) is 5.86. The largest absolute Gasteiger partial charge is 0.493 e. The van der Waals surface area contributed by atoms with E-state index in [1.165, 1.54) is 0 Å². The van der Waals surface area contributed by atoms with Crippen LogP contribution in [0, 0.1) is 5.92 Å². The van der Waals surface area contributed by atoms with Crippen LogP contribution in [0.15, 0.2) is 18.2 Å². The van der Waals surface area contributed by atoms with E-state index in [1.807, 2.05) is 25.1 Å². The first-order valence-corrected chi connectivity index (χ1v) is 5.88. The second-order valence-electron chi connectivity index (χ2n) is 3.90. The van der Waals surface area contributed by atoms with Gasteiger partial charge in [0.1, 0.15) is 5.75 Å². The zero-order valence-electron chi connectivity index (χ0n) is 10.3. The highest BCUT2D eigenvalue weighted by molar-refractivity contribution is 5.46. The Bertz CT molecular complexity index is 323. The van der Waals surface area contributed by atoms with Crippen molar-refractivity contribution in [3.05, 3.63) is 35.2 Å². The third-order valence-electron chi connectivity index (χ3n) is 2.61. The molecule has 1 rings (SSSR count). The molecule has 1 nitrogen and oxygen atoms in total. The van der Waals surface area contributed by atoms with E-state index < -0.39 is 6.67 Å². The molecule has 0 heterocycles. The minimum Gasteiger partial charge on any atom is -0.493 e. The van der Waals surface area contributed by atoms with Crippen molar-refractivity contribution in [2.45, 2.75) is 33.6 Å². The predicted molar refractivity (Wildman–Crippen MR) is 65.6 cm³/mol. The topological polar surface area (TPSA) is 9.23 Å². The van der Waals surface area contributed by atoms with Gasteiger partial charge < -0.3 is 4.74 Å². The maximum atomic E-state index is 12.7. The molecular formula is C14H20FO. The van der Waals surface area contributed by atoms with Crippen molar-refractivity contribution in [3.63, 3.8) is 0 Å². The first-order chi connectivity index (χ1) is 7.74. The molecule has 0 N–H and O–H groups in total. The molecular weight excluding hydrogens is 203 g/mol. The fourth-order valence-corrected chi connectivity index (χ4v) is 1.75. The number of benzene rings is 1. The molecule has 0 aromatic heterocycles. The number of hydrogen-bond acceptors (Lipinski definition) is 1. The number of rotatable bonds is 6. The summed E-state index contributed by atoms with van der Waals surface area (Å²) < 4.78 is 18.4. The minimum absolute atomic E-state index is 0.399. The molecule has 0 fully saturated rings. The van der Waals surface area contributed by atoms with Crippen molar-refractivity contribution in [3.8, 4) is 5.75 Å². The zero-order chi connectivity index (χ0) is 12.0. The van der Waals surface area contributed by atoms with Crippen LogP contribution in [-0.4, -0.2) is 13.3 Å². The summed E-state index contributed by atoms with van der Waals surface area (Å²) in [5.41, 5.74) is 2.12. The Morgan fingerprint density at radius 3 is 2.62 bits per heavy atom. The monoisotopic (exact) mass is 223 g/mol. The van der Waals surface area contributed by atoms with Crippen LogP contribution in [0.3, 0.4) is 0 Å². The van der Waals surface area contributed by atoms with E-state index in [0.29, 0.717) is 6.61 Å². The van der Waals surface area contributed by atoms with E-state index in [9.17, 15) is 4.39 Å². The average molecular weight is 223 g/mol. The van der Waals surface area contributed by atoms with Crippen molar-refractivity contribution >= 4 is 0 Å². The number of alkyl halides is 1. The normalized spacial score (nSPS) is 10.8. The molecule has 2 heteroatoms. The van der Waals surface area contributed by atoms with Gasteiger partial charge >= 0.3 is 0 Å². The molecule has 0 aliphatic heterocycles. The molecule has 0 saturated heterocycles. The molecule has 1 radical (unpaired) electrons. The second kappa shape index (κ2) is 6.51. The van der Waals surface area contributed by atoms with Crippen LogP contribution in [0.4, 0.5) is 4.39 Å². The molecule has 0 amide bonds. The molecule has 89 valence electrons. The van der Waals surface area contributed by atoms with Crippen LogP contribution < -0.4 is 4.74 Å². The van der Waals surface area contributed by atoms with Crippen LogP contribution in [-0.2, 0) is 6.42 Å². The van der Waals surface area contributed by atoms with Crippen LogP contribution >= 0.6 is 0 Å². The van der Waals surface area contributed by atoms with Crippen molar-refractivity contribution < 1.29 is 9.13 Å². The van der Waals surface area contributed by atoms with E-state index in [-0.39, 0.29) is 0 Å². The molecule has 0 bridgehead atoms. The fourth-order valence-electron chi connectivity index (χ4n) is 1.75. The molecule has 1 aromatic carbocycles. The molecule has 0 spiro atoms. The molecule has 1 aromatic rings. The zero-order valence-corrected chi connectivity index (χ0v) is 10.3. The Kier molecular flexibility index (Phi) is 5.30. The average Bonchev–Trinajstić information content (AvgIpc) is 2.34.